The van der Waals surface area contributed by atoms with Gasteiger partial charge >= 0.3 is 0 Å². The summed E-state index contributed by atoms with van der Waals surface area (Å²) in [6.07, 6.45) is 5.30. The van der Waals surface area contributed by atoms with E-state index in [1.165, 1.54) is 0 Å². The predicted octanol–water partition coefficient (Wildman–Crippen LogP) is 3.32. The van der Waals surface area contributed by atoms with Crippen molar-refractivity contribution in [2.45, 2.75) is 18.8 Å². The van der Waals surface area contributed by atoms with E-state index in [0.717, 1.165) is 29.1 Å². The monoisotopic (exact) mass is 392 g/mol. The number of thiazole rings is 1. The number of aromatic nitrogens is 2. The van der Waals surface area contributed by atoms with Gasteiger partial charge in [-0.2, -0.15) is 0 Å². The molecular formula is C21H20N4O2S. The van der Waals surface area contributed by atoms with Crippen molar-refractivity contribution < 1.29 is 9.59 Å². The van der Waals surface area contributed by atoms with Gasteiger partial charge in [0.1, 0.15) is 0 Å². The number of nitrogens with zero attached hydrogens (tertiary/aromatic N) is 3. The molecule has 142 valence electrons. The maximum atomic E-state index is 12.8. The van der Waals surface area contributed by atoms with Crippen molar-refractivity contribution in [3.8, 4) is 11.3 Å². The van der Waals surface area contributed by atoms with Crippen LogP contribution in [0, 0.1) is 0 Å². The highest BCUT2D eigenvalue weighted by Crippen LogP contribution is 2.33. The van der Waals surface area contributed by atoms with Crippen LogP contribution in [0.3, 0.4) is 0 Å². The number of piperidine rings is 1. The third kappa shape index (κ3) is 3.80. The molecule has 0 aliphatic carbocycles. The van der Waals surface area contributed by atoms with Crippen LogP contribution in [0.5, 0.6) is 0 Å². The van der Waals surface area contributed by atoms with Gasteiger partial charge in [-0.15, -0.1) is 11.3 Å². The SMILES string of the molecule is NC(=O)c1cccc(C(=O)N2CCC(c3nc(-c4ccncc4)cs3)CC2)c1. The van der Waals surface area contributed by atoms with Gasteiger partial charge in [0, 0.05) is 53.5 Å². The number of carbonyl (C=O) groups is 2. The summed E-state index contributed by atoms with van der Waals surface area (Å²) in [6.45, 7) is 1.35. The molecule has 2 amide bonds. The fourth-order valence-electron chi connectivity index (χ4n) is 3.45. The first-order chi connectivity index (χ1) is 13.6. The Kier molecular flexibility index (Phi) is 5.16. The molecule has 1 fully saturated rings. The van der Waals surface area contributed by atoms with E-state index in [1.54, 1.807) is 48.0 Å². The van der Waals surface area contributed by atoms with Gasteiger partial charge in [-0.1, -0.05) is 6.07 Å². The van der Waals surface area contributed by atoms with Crippen LogP contribution in [-0.4, -0.2) is 39.8 Å². The number of hydrogen-bond acceptors (Lipinski definition) is 5. The van der Waals surface area contributed by atoms with Crippen molar-refractivity contribution in [1.82, 2.24) is 14.9 Å². The second kappa shape index (κ2) is 7.90. The number of hydrogen-bond donors (Lipinski definition) is 1. The summed E-state index contributed by atoms with van der Waals surface area (Å²) in [5.74, 6) is -0.220. The third-order valence-corrected chi connectivity index (χ3v) is 6.03. The molecule has 0 bridgehead atoms. The molecule has 28 heavy (non-hydrogen) atoms. The Bertz CT molecular complexity index is 994. The van der Waals surface area contributed by atoms with Crippen molar-refractivity contribution in [1.29, 1.82) is 0 Å². The number of pyridine rings is 1. The molecular weight excluding hydrogens is 372 g/mol. The number of likely N-dealkylation sites (tertiary alicyclic amines) is 1. The maximum absolute atomic E-state index is 12.8. The highest BCUT2D eigenvalue weighted by atomic mass is 32.1. The topological polar surface area (TPSA) is 89.2 Å². The quantitative estimate of drug-likeness (QED) is 0.737. The first-order valence-electron chi connectivity index (χ1n) is 9.17. The average molecular weight is 392 g/mol. The number of primary amides is 1. The molecule has 2 N–H and O–H groups in total. The molecule has 7 heteroatoms. The fraction of sp³-hybridized carbons (Fsp3) is 0.238. The van der Waals surface area contributed by atoms with Crippen LogP contribution in [0.25, 0.3) is 11.3 Å². The lowest BCUT2D eigenvalue weighted by Crippen LogP contribution is -2.38. The van der Waals surface area contributed by atoms with Crippen LogP contribution in [0.2, 0.25) is 0 Å². The van der Waals surface area contributed by atoms with Crippen molar-refractivity contribution in [3.63, 3.8) is 0 Å². The minimum atomic E-state index is -0.526. The molecule has 3 heterocycles. The highest BCUT2D eigenvalue weighted by molar-refractivity contribution is 7.10. The molecule has 1 aromatic carbocycles. The molecule has 1 saturated heterocycles. The van der Waals surface area contributed by atoms with Crippen molar-refractivity contribution >= 4 is 23.2 Å². The molecule has 0 atom stereocenters. The van der Waals surface area contributed by atoms with E-state index in [2.05, 4.69) is 10.4 Å². The van der Waals surface area contributed by atoms with Gasteiger partial charge in [-0.05, 0) is 43.2 Å². The third-order valence-electron chi connectivity index (χ3n) is 5.02. The van der Waals surface area contributed by atoms with Gasteiger partial charge in [-0.3, -0.25) is 14.6 Å². The van der Waals surface area contributed by atoms with Crippen LogP contribution in [0.1, 0.15) is 44.5 Å². The number of rotatable bonds is 4. The summed E-state index contributed by atoms with van der Waals surface area (Å²) in [7, 11) is 0. The molecule has 0 saturated carbocycles. The minimum Gasteiger partial charge on any atom is -0.366 e. The largest absolute Gasteiger partial charge is 0.366 e. The normalized spacial score (nSPS) is 14.8. The van der Waals surface area contributed by atoms with Gasteiger partial charge in [0.2, 0.25) is 5.91 Å². The Labute approximate surface area is 167 Å². The van der Waals surface area contributed by atoms with E-state index in [9.17, 15) is 9.59 Å². The smallest absolute Gasteiger partial charge is 0.253 e. The van der Waals surface area contributed by atoms with E-state index in [4.69, 9.17) is 10.7 Å². The average Bonchev–Trinajstić information content (AvgIpc) is 3.24. The van der Waals surface area contributed by atoms with Crippen molar-refractivity contribution in [2.75, 3.05) is 13.1 Å². The Morgan fingerprint density at radius 1 is 1.07 bits per heavy atom. The Hall–Kier alpha value is -3.06. The lowest BCUT2D eigenvalue weighted by molar-refractivity contribution is 0.0713. The first kappa shape index (κ1) is 18.3. The van der Waals surface area contributed by atoms with Gasteiger partial charge < -0.3 is 10.6 Å². The highest BCUT2D eigenvalue weighted by Gasteiger charge is 2.26. The Morgan fingerprint density at radius 3 is 2.50 bits per heavy atom. The molecule has 6 nitrogen and oxygen atoms in total. The van der Waals surface area contributed by atoms with Crippen LogP contribution in [0.15, 0.2) is 54.2 Å². The van der Waals surface area contributed by atoms with Crippen LogP contribution < -0.4 is 5.73 Å². The predicted molar refractivity (Wildman–Crippen MR) is 108 cm³/mol. The summed E-state index contributed by atoms with van der Waals surface area (Å²) in [5.41, 5.74) is 8.22. The summed E-state index contributed by atoms with van der Waals surface area (Å²) in [4.78, 5) is 34.8. The second-order valence-corrected chi connectivity index (χ2v) is 7.71. The van der Waals surface area contributed by atoms with Gasteiger partial charge in [-0.25, -0.2) is 4.98 Å². The zero-order chi connectivity index (χ0) is 19.5. The molecule has 1 aliphatic rings. The second-order valence-electron chi connectivity index (χ2n) is 6.82. The Morgan fingerprint density at radius 2 is 1.79 bits per heavy atom. The summed E-state index contributed by atoms with van der Waals surface area (Å²) in [5, 5.41) is 3.20. The fourth-order valence-corrected chi connectivity index (χ4v) is 4.45. The first-order valence-corrected chi connectivity index (χ1v) is 10.0. The molecule has 3 aromatic rings. The molecule has 1 aliphatic heterocycles. The lowest BCUT2D eigenvalue weighted by atomic mass is 9.96. The zero-order valence-corrected chi connectivity index (χ0v) is 16.1. The van der Waals surface area contributed by atoms with Crippen LogP contribution >= 0.6 is 11.3 Å². The van der Waals surface area contributed by atoms with E-state index in [0.29, 0.717) is 30.1 Å². The van der Waals surface area contributed by atoms with Gasteiger partial charge in [0.25, 0.3) is 5.91 Å². The minimum absolute atomic E-state index is 0.0573. The van der Waals surface area contributed by atoms with Crippen LogP contribution in [0.4, 0.5) is 0 Å². The van der Waals surface area contributed by atoms with Crippen molar-refractivity contribution in [2.24, 2.45) is 5.73 Å². The summed E-state index contributed by atoms with van der Waals surface area (Å²) < 4.78 is 0. The number of amides is 2. The van der Waals surface area contributed by atoms with E-state index >= 15 is 0 Å². The summed E-state index contributed by atoms with van der Waals surface area (Å²) >= 11 is 1.68. The lowest BCUT2D eigenvalue weighted by Gasteiger charge is -2.31. The molecule has 2 aromatic heterocycles. The molecule has 0 spiro atoms. The van der Waals surface area contributed by atoms with Crippen molar-refractivity contribution in [3.05, 3.63) is 70.3 Å². The standard InChI is InChI=1S/C21H20N4O2S/c22-19(26)16-2-1-3-17(12-16)21(27)25-10-6-15(7-11-25)20-24-18(13-28-20)14-4-8-23-9-5-14/h1-5,8-9,12-13,15H,6-7,10-11H2,(H2,22,26). The Balaban J connectivity index is 1.41. The molecule has 4 rings (SSSR count). The van der Waals surface area contributed by atoms with Gasteiger partial charge in [0.15, 0.2) is 0 Å². The number of benzene rings is 1. The van der Waals surface area contributed by atoms with E-state index in [1.807, 2.05) is 17.0 Å². The summed E-state index contributed by atoms with van der Waals surface area (Å²) in [6, 6.07) is 10.5. The molecule has 0 radical (unpaired) electrons. The number of nitrogens with two attached hydrogens (primary N) is 1. The zero-order valence-electron chi connectivity index (χ0n) is 15.2. The van der Waals surface area contributed by atoms with E-state index < -0.39 is 5.91 Å². The van der Waals surface area contributed by atoms with E-state index in [-0.39, 0.29) is 5.91 Å². The maximum Gasteiger partial charge on any atom is 0.253 e. The van der Waals surface area contributed by atoms with Gasteiger partial charge in [0.05, 0.1) is 10.7 Å². The molecule has 0 unspecified atom stereocenters. The van der Waals surface area contributed by atoms with Crippen LogP contribution in [-0.2, 0) is 0 Å². The number of carbonyl (C=O) groups excluding carboxylic acids is 2.